The van der Waals surface area contributed by atoms with Gasteiger partial charge in [0.05, 0.1) is 4.90 Å². The summed E-state index contributed by atoms with van der Waals surface area (Å²) in [5.74, 6) is -2.04. The van der Waals surface area contributed by atoms with Crippen LogP contribution in [0, 0.1) is 12.7 Å². The van der Waals surface area contributed by atoms with Gasteiger partial charge in [0.15, 0.2) is 9.84 Å². The van der Waals surface area contributed by atoms with Crippen LogP contribution in [0.3, 0.4) is 0 Å². The molecule has 7 nitrogen and oxygen atoms in total. The summed E-state index contributed by atoms with van der Waals surface area (Å²) in [7, 11) is -3.92. The quantitative estimate of drug-likeness (QED) is 0.688. The average molecular weight is 375 g/mol. The fraction of sp³-hybridized carbons (Fsp3) is 0.118. The Morgan fingerprint density at radius 1 is 1.08 bits per heavy atom. The second-order valence-corrected chi connectivity index (χ2v) is 7.53. The molecule has 9 heteroatoms. The summed E-state index contributed by atoms with van der Waals surface area (Å²) in [6.45, 7) is 1.94. The third-order valence-corrected chi connectivity index (χ3v) is 5.10. The van der Waals surface area contributed by atoms with Crippen molar-refractivity contribution in [2.24, 2.45) is 0 Å². The molecule has 0 aliphatic rings. The number of sulfone groups is 1. The average Bonchev–Trinajstić information content (AvgIpc) is 3.03. The van der Waals surface area contributed by atoms with Crippen molar-refractivity contribution in [3.8, 4) is 11.5 Å². The second-order valence-electron chi connectivity index (χ2n) is 5.54. The van der Waals surface area contributed by atoms with E-state index in [4.69, 9.17) is 4.42 Å². The Bertz CT molecular complexity index is 1030. The van der Waals surface area contributed by atoms with E-state index in [2.05, 4.69) is 15.5 Å². The number of carbonyl (C=O) groups is 1. The predicted octanol–water partition coefficient (Wildman–Crippen LogP) is 2.60. The van der Waals surface area contributed by atoms with E-state index in [1.54, 1.807) is 12.1 Å². The normalized spacial score (nSPS) is 11.3. The van der Waals surface area contributed by atoms with Crippen molar-refractivity contribution in [3.05, 3.63) is 59.9 Å². The van der Waals surface area contributed by atoms with Crippen molar-refractivity contribution in [2.45, 2.75) is 11.8 Å². The molecule has 1 aromatic heterocycles. The molecule has 0 aliphatic carbocycles. The van der Waals surface area contributed by atoms with Crippen molar-refractivity contribution in [3.63, 3.8) is 0 Å². The molecule has 0 spiro atoms. The molecule has 26 heavy (non-hydrogen) atoms. The molecule has 0 saturated carbocycles. The molecule has 0 fully saturated rings. The first-order chi connectivity index (χ1) is 12.3. The van der Waals surface area contributed by atoms with E-state index < -0.39 is 27.3 Å². The molecule has 3 aromatic rings. The summed E-state index contributed by atoms with van der Waals surface area (Å²) >= 11 is 0. The first-order valence-corrected chi connectivity index (χ1v) is 9.17. The number of aromatic nitrogens is 2. The topological polar surface area (TPSA) is 102 Å². The number of halogens is 1. The maximum atomic E-state index is 12.9. The number of nitrogens with one attached hydrogen (secondary N) is 1. The lowest BCUT2D eigenvalue weighted by Crippen LogP contribution is -2.23. The zero-order valence-corrected chi connectivity index (χ0v) is 14.5. The van der Waals surface area contributed by atoms with E-state index >= 15 is 0 Å². The Morgan fingerprint density at radius 3 is 2.38 bits per heavy atom. The first kappa shape index (κ1) is 17.7. The number of anilines is 1. The SMILES string of the molecule is Cc1ccc(-c2nnc(NC(=O)CS(=O)(=O)c3ccc(F)cc3)o2)cc1. The number of hydrogen-bond acceptors (Lipinski definition) is 6. The van der Waals surface area contributed by atoms with E-state index in [1.165, 1.54) is 0 Å². The summed E-state index contributed by atoms with van der Waals surface area (Å²) < 4.78 is 42.5. The minimum absolute atomic E-state index is 0.153. The predicted molar refractivity (Wildman–Crippen MR) is 91.6 cm³/mol. The van der Waals surface area contributed by atoms with E-state index in [0.717, 1.165) is 29.8 Å². The van der Waals surface area contributed by atoms with Crippen LogP contribution in [-0.2, 0) is 14.6 Å². The maximum absolute atomic E-state index is 12.9. The van der Waals surface area contributed by atoms with Gasteiger partial charge in [-0.3, -0.25) is 10.1 Å². The van der Waals surface area contributed by atoms with E-state index in [9.17, 15) is 17.6 Å². The van der Waals surface area contributed by atoms with Crippen molar-refractivity contribution in [2.75, 3.05) is 11.1 Å². The molecule has 0 unspecified atom stereocenters. The Kier molecular flexibility index (Phi) is 4.81. The minimum Gasteiger partial charge on any atom is -0.403 e. The largest absolute Gasteiger partial charge is 0.403 e. The summed E-state index contributed by atoms with van der Waals surface area (Å²) in [5.41, 5.74) is 1.73. The van der Waals surface area contributed by atoms with Gasteiger partial charge < -0.3 is 4.42 Å². The van der Waals surface area contributed by atoms with Gasteiger partial charge in [-0.15, -0.1) is 5.10 Å². The van der Waals surface area contributed by atoms with Gasteiger partial charge in [0.1, 0.15) is 11.6 Å². The standard InChI is InChI=1S/C17H14FN3O4S/c1-11-2-4-12(5-3-11)16-20-21-17(25-16)19-15(22)10-26(23,24)14-8-6-13(18)7-9-14/h2-9H,10H2,1H3,(H,19,21,22). The number of amides is 1. The monoisotopic (exact) mass is 375 g/mol. The molecule has 2 aromatic carbocycles. The number of hydrogen-bond donors (Lipinski definition) is 1. The molecule has 1 amide bonds. The Labute approximate surface area is 148 Å². The Morgan fingerprint density at radius 2 is 1.73 bits per heavy atom. The van der Waals surface area contributed by atoms with Gasteiger partial charge in [0, 0.05) is 5.56 Å². The zero-order valence-electron chi connectivity index (χ0n) is 13.6. The fourth-order valence-electron chi connectivity index (χ4n) is 2.14. The molecule has 3 rings (SSSR count). The van der Waals surface area contributed by atoms with Crippen molar-refractivity contribution in [1.82, 2.24) is 10.2 Å². The lowest BCUT2D eigenvalue weighted by atomic mass is 10.1. The summed E-state index contributed by atoms with van der Waals surface area (Å²) in [5, 5.41) is 9.74. The summed E-state index contributed by atoms with van der Waals surface area (Å²) in [4.78, 5) is 11.8. The van der Waals surface area contributed by atoms with E-state index in [0.29, 0.717) is 5.56 Å². The van der Waals surface area contributed by atoms with Gasteiger partial charge in [-0.05, 0) is 43.3 Å². The number of carbonyl (C=O) groups excluding carboxylic acids is 1. The second kappa shape index (κ2) is 7.04. The Hall–Kier alpha value is -3.07. The highest BCUT2D eigenvalue weighted by molar-refractivity contribution is 7.92. The highest BCUT2D eigenvalue weighted by Crippen LogP contribution is 2.20. The van der Waals surface area contributed by atoms with Crippen LogP contribution in [-0.4, -0.2) is 30.3 Å². The minimum atomic E-state index is -3.92. The van der Waals surface area contributed by atoms with Crippen LogP contribution in [0.15, 0.2) is 57.8 Å². The molecule has 0 aliphatic heterocycles. The highest BCUT2D eigenvalue weighted by atomic mass is 32.2. The fourth-order valence-corrected chi connectivity index (χ4v) is 3.27. The van der Waals surface area contributed by atoms with Gasteiger partial charge in [-0.1, -0.05) is 22.8 Å². The molecule has 1 heterocycles. The number of rotatable bonds is 5. The van der Waals surface area contributed by atoms with E-state index in [1.807, 2.05) is 19.1 Å². The Balaban J connectivity index is 1.68. The molecule has 0 saturated heterocycles. The van der Waals surface area contributed by atoms with Crippen molar-refractivity contribution >= 4 is 21.8 Å². The van der Waals surface area contributed by atoms with Crippen LogP contribution < -0.4 is 5.32 Å². The third-order valence-electron chi connectivity index (χ3n) is 3.46. The zero-order chi connectivity index (χ0) is 18.7. The molecule has 0 bridgehead atoms. The van der Waals surface area contributed by atoms with Crippen LogP contribution in [0.2, 0.25) is 0 Å². The summed E-state index contributed by atoms with van der Waals surface area (Å²) in [6, 6.07) is 11.3. The number of benzene rings is 2. The van der Waals surface area contributed by atoms with Gasteiger partial charge >= 0.3 is 6.01 Å². The van der Waals surface area contributed by atoms with Crippen LogP contribution >= 0.6 is 0 Å². The molecule has 0 radical (unpaired) electrons. The van der Waals surface area contributed by atoms with Gasteiger partial charge in [-0.2, -0.15) is 0 Å². The van der Waals surface area contributed by atoms with Crippen molar-refractivity contribution < 1.29 is 22.0 Å². The van der Waals surface area contributed by atoms with Gasteiger partial charge in [0.25, 0.3) is 0 Å². The molecular weight excluding hydrogens is 361 g/mol. The summed E-state index contributed by atoms with van der Waals surface area (Å²) in [6.07, 6.45) is 0. The highest BCUT2D eigenvalue weighted by Gasteiger charge is 2.21. The van der Waals surface area contributed by atoms with Crippen LogP contribution in [0.25, 0.3) is 11.5 Å². The molecular formula is C17H14FN3O4S. The number of aryl methyl sites for hydroxylation is 1. The van der Waals surface area contributed by atoms with Gasteiger partial charge in [0.2, 0.25) is 11.8 Å². The molecule has 0 atom stereocenters. The van der Waals surface area contributed by atoms with Crippen LogP contribution in [0.5, 0.6) is 0 Å². The van der Waals surface area contributed by atoms with E-state index in [-0.39, 0.29) is 16.8 Å². The van der Waals surface area contributed by atoms with Crippen LogP contribution in [0.1, 0.15) is 5.56 Å². The third kappa shape index (κ3) is 4.12. The molecule has 1 N–H and O–H groups in total. The van der Waals surface area contributed by atoms with Gasteiger partial charge in [-0.25, -0.2) is 12.8 Å². The smallest absolute Gasteiger partial charge is 0.322 e. The first-order valence-electron chi connectivity index (χ1n) is 7.52. The maximum Gasteiger partial charge on any atom is 0.322 e. The lowest BCUT2D eigenvalue weighted by Gasteiger charge is -2.03. The van der Waals surface area contributed by atoms with Crippen LogP contribution in [0.4, 0.5) is 10.4 Å². The molecule has 134 valence electrons. The van der Waals surface area contributed by atoms with Crippen molar-refractivity contribution in [1.29, 1.82) is 0 Å². The number of nitrogens with zero attached hydrogens (tertiary/aromatic N) is 2. The lowest BCUT2D eigenvalue weighted by molar-refractivity contribution is -0.114.